The van der Waals surface area contributed by atoms with E-state index in [4.69, 9.17) is 8.83 Å². The van der Waals surface area contributed by atoms with Crippen LogP contribution in [0.4, 0.5) is 45.5 Å². The van der Waals surface area contributed by atoms with Crippen LogP contribution in [0.25, 0.3) is 55.0 Å². The highest BCUT2D eigenvalue weighted by molar-refractivity contribution is 7.00. The molecule has 2 atom stereocenters. The highest BCUT2D eigenvalue weighted by atomic mass is 16.3. The number of nitrogens with zero attached hydrogens (tertiary/aromatic N) is 3. The fraction of sp³-hybridized carbons (Fsp3) is 0.194. The molecular formula is C67H56BN3O2. The zero-order chi connectivity index (χ0) is 49.1. The van der Waals surface area contributed by atoms with Gasteiger partial charge >= 0.3 is 0 Å². The predicted octanol–water partition coefficient (Wildman–Crippen LogP) is 16.6. The van der Waals surface area contributed by atoms with E-state index in [9.17, 15) is 0 Å². The van der Waals surface area contributed by atoms with Crippen LogP contribution < -0.4 is 31.1 Å². The van der Waals surface area contributed by atoms with Crippen LogP contribution >= 0.6 is 0 Å². The second-order valence-corrected chi connectivity index (χ2v) is 22.9. The fourth-order valence-electron chi connectivity index (χ4n) is 14.0. The Labute approximate surface area is 427 Å². The lowest BCUT2D eigenvalue weighted by atomic mass is 9.33. The largest absolute Gasteiger partial charge is 0.456 e. The van der Waals surface area contributed by atoms with Gasteiger partial charge in [0.25, 0.3) is 6.71 Å². The van der Waals surface area contributed by atoms with Gasteiger partial charge in [0.15, 0.2) is 5.58 Å². The average molecular weight is 946 g/mol. The minimum absolute atomic E-state index is 0.0126. The fourth-order valence-corrected chi connectivity index (χ4v) is 14.0. The summed E-state index contributed by atoms with van der Waals surface area (Å²) in [5, 5.41) is 4.46. The molecule has 0 radical (unpaired) electrons. The van der Waals surface area contributed by atoms with Crippen LogP contribution in [0.15, 0.2) is 191 Å². The molecule has 5 heterocycles. The van der Waals surface area contributed by atoms with E-state index in [2.05, 4.69) is 232 Å². The second-order valence-electron chi connectivity index (χ2n) is 22.9. The van der Waals surface area contributed by atoms with E-state index >= 15 is 0 Å². The van der Waals surface area contributed by atoms with E-state index in [1.165, 1.54) is 97.6 Å². The molecule has 0 bridgehead atoms. The number of furan rings is 2. The smallest absolute Gasteiger partial charge is 0.252 e. The summed E-state index contributed by atoms with van der Waals surface area (Å²) in [7, 11) is 0. The molecule has 0 saturated heterocycles. The molecule has 1 saturated carbocycles. The maximum atomic E-state index is 7.02. The molecule has 1 aliphatic carbocycles. The normalized spacial score (nSPS) is 18.9. The summed E-state index contributed by atoms with van der Waals surface area (Å²) in [6.45, 7) is 14.3. The molecule has 11 aromatic rings. The Morgan fingerprint density at radius 3 is 1.97 bits per heavy atom. The summed E-state index contributed by atoms with van der Waals surface area (Å²) in [6.07, 6.45) is 4.75. The van der Waals surface area contributed by atoms with Gasteiger partial charge in [-0.25, -0.2) is 0 Å². The number of anilines is 8. The standard InChI is InChI=1S/C67H56BN3O2/c1-41-35-58-63-59(36-41)70(56-22-16-21-49-47-19-10-13-24-61(47)73-64(49)56)57-40-46(71-54-31-26-44(65(2,3)4)38-51(54)66(5)33-14-15-34-67(66,71)6)27-29-52(57)68(63)53-37-43(42-17-8-7-9-18-42)25-30-55(53)69(58)45-28-32-62-50(39-45)48-20-11-12-23-60(48)72-62/h7-13,16-32,35-40H,14-15,33-34H2,1-6H3. The van der Waals surface area contributed by atoms with Gasteiger partial charge in [0.1, 0.15) is 16.7 Å². The molecule has 4 aliphatic rings. The summed E-state index contributed by atoms with van der Waals surface area (Å²) < 4.78 is 13.4. The predicted molar refractivity (Wildman–Crippen MR) is 307 cm³/mol. The van der Waals surface area contributed by atoms with Crippen molar-refractivity contribution < 1.29 is 8.83 Å². The van der Waals surface area contributed by atoms with E-state index in [1.807, 2.05) is 6.07 Å². The Balaban J connectivity index is 1.02. The molecule has 9 aromatic carbocycles. The first-order valence-corrected chi connectivity index (χ1v) is 26.3. The van der Waals surface area contributed by atoms with E-state index < -0.39 is 0 Å². The maximum Gasteiger partial charge on any atom is 0.252 e. The first-order valence-electron chi connectivity index (χ1n) is 26.3. The molecule has 2 unspecified atom stereocenters. The molecule has 73 heavy (non-hydrogen) atoms. The first kappa shape index (κ1) is 42.7. The van der Waals surface area contributed by atoms with Crippen molar-refractivity contribution in [3.63, 3.8) is 0 Å². The number of hydrogen-bond donors (Lipinski definition) is 0. The molecule has 354 valence electrons. The Hall–Kier alpha value is -7.96. The van der Waals surface area contributed by atoms with Crippen LogP contribution in [-0.2, 0) is 10.8 Å². The summed E-state index contributed by atoms with van der Waals surface area (Å²) in [6, 6.07) is 68.1. The molecule has 1 fully saturated rings. The number of fused-ring (bicyclic) bond motifs is 13. The lowest BCUT2D eigenvalue weighted by Crippen LogP contribution is -2.61. The molecule has 3 aliphatic heterocycles. The van der Waals surface area contributed by atoms with Crippen molar-refractivity contribution in [2.75, 3.05) is 14.7 Å². The Morgan fingerprint density at radius 2 is 1.16 bits per heavy atom. The minimum Gasteiger partial charge on any atom is -0.456 e. The van der Waals surface area contributed by atoms with Crippen LogP contribution in [0.1, 0.15) is 77.0 Å². The van der Waals surface area contributed by atoms with Crippen molar-refractivity contribution in [3.8, 4) is 11.1 Å². The number of aryl methyl sites for hydroxylation is 1. The summed E-state index contributed by atoms with van der Waals surface area (Å²) in [5.74, 6) is 0. The number of benzene rings is 9. The minimum atomic E-state index is -0.123. The van der Waals surface area contributed by atoms with Crippen LogP contribution in [0.5, 0.6) is 0 Å². The molecule has 0 amide bonds. The second kappa shape index (κ2) is 15.1. The van der Waals surface area contributed by atoms with Crippen molar-refractivity contribution in [1.82, 2.24) is 0 Å². The summed E-state index contributed by atoms with van der Waals surface area (Å²) in [5.41, 5.74) is 23.2. The topological polar surface area (TPSA) is 36.0 Å². The van der Waals surface area contributed by atoms with Crippen LogP contribution in [0.3, 0.4) is 0 Å². The van der Waals surface area contributed by atoms with Gasteiger partial charge in [-0.15, -0.1) is 0 Å². The molecule has 5 nitrogen and oxygen atoms in total. The van der Waals surface area contributed by atoms with E-state index in [-0.39, 0.29) is 23.1 Å². The van der Waals surface area contributed by atoms with Crippen LogP contribution in [0, 0.1) is 6.92 Å². The van der Waals surface area contributed by atoms with Gasteiger partial charge in [-0.3, -0.25) is 0 Å². The number of rotatable bonds is 4. The Kier molecular flexibility index (Phi) is 8.80. The van der Waals surface area contributed by atoms with Crippen molar-refractivity contribution in [2.45, 2.75) is 83.6 Å². The molecule has 2 aromatic heterocycles. The zero-order valence-corrected chi connectivity index (χ0v) is 42.4. The SMILES string of the molecule is Cc1cc2c3c(c1)N(c1cccc4c1oc1ccccc14)c1cc(N4c5ccc(C(C)(C)C)cc5C5(C)CCCCC45C)ccc1B3c1cc(-c3ccccc3)ccc1N2c1ccc2oc3ccccc3c2c1. The van der Waals surface area contributed by atoms with Gasteiger partial charge in [0.2, 0.25) is 0 Å². The van der Waals surface area contributed by atoms with Crippen LogP contribution in [0.2, 0.25) is 0 Å². The third-order valence-electron chi connectivity index (χ3n) is 17.8. The van der Waals surface area contributed by atoms with Crippen LogP contribution in [-0.4, -0.2) is 12.3 Å². The highest BCUT2D eigenvalue weighted by Gasteiger charge is 2.58. The van der Waals surface area contributed by atoms with Gasteiger partial charge in [0.05, 0.1) is 11.2 Å². The van der Waals surface area contributed by atoms with Gasteiger partial charge < -0.3 is 23.5 Å². The van der Waals surface area contributed by atoms with Crippen molar-refractivity contribution in [1.29, 1.82) is 0 Å². The molecular weight excluding hydrogens is 890 g/mol. The van der Waals surface area contributed by atoms with Gasteiger partial charge in [-0.05, 0) is 149 Å². The maximum absolute atomic E-state index is 7.02. The zero-order valence-electron chi connectivity index (χ0n) is 42.4. The summed E-state index contributed by atoms with van der Waals surface area (Å²) >= 11 is 0. The van der Waals surface area contributed by atoms with E-state index in [1.54, 1.807) is 0 Å². The average Bonchev–Trinajstić information content (AvgIpc) is 4.04. The third kappa shape index (κ3) is 5.92. The first-order chi connectivity index (χ1) is 35.5. The number of hydrogen-bond acceptors (Lipinski definition) is 5. The number of para-hydroxylation sites is 3. The molecule has 6 heteroatoms. The Bertz CT molecular complexity index is 4120. The van der Waals surface area contributed by atoms with Gasteiger partial charge in [-0.2, -0.15) is 0 Å². The van der Waals surface area contributed by atoms with Crippen molar-refractivity contribution in [3.05, 3.63) is 199 Å². The molecule has 15 rings (SSSR count). The van der Waals surface area contributed by atoms with Crippen molar-refractivity contribution in [2.24, 2.45) is 0 Å². The van der Waals surface area contributed by atoms with Gasteiger partial charge in [0, 0.05) is 66.8 Å². The van der Waals surface area contributed by atoms with Gasteiger partial charge in [-0.1, -0.05) is 150 Å². The van der Waals surface area contributed by atoms with E-state index in [0.717, 1.165) is 61.7 Å². The summed E-state index contributed by atoms with van der Waals surface area (Å²) in [4.78, 5) is 7.83. The highest BCUT2D eigenvalue weighted by Crippen LogP contribution is 2.62. The third-order valence-corrected chi connectivity index (χ3v) is 17.8. The monoisotopic (exact) mass is 945 g/mol. The quantitative estimate of drug-likeness (QED) is 0.164. The molecule has 0 N–H and O–H groups in total. The van der Waals surface area contributed by atoms with E-state index in [0.29, 0.717) is 0 Å². The lowest BCUT2D eigenvalue weighted by molar-refractivity contribution is 0.195. The lowest BCUT2D eigenvalue weighted by Gasteiger charge is -2.50. The molecule has 0 spiro atoms. The Morgan fingerprint density at radius 1 is 0.479 bits per heavy atom. The van der Waals surface area contributed by atoms with Crippen molar-refractivity contribution >= 4 is 112 Å².